The Balaban J connectivity index is 1.81. The Bertz CT molecular complexity index is 213. The van der Waals surface area contributed by atoms with Gasteiger partial charge in [-0.2, -0.15) is 0 Å². The second kappa shape index (κ2) is 4.04. The van der Waals surface area contributed by atoms with Gasteiger partial charge in [-0.1, -0.05) is 33.1 Å². The summed E-state index contributed by atoms with van der Waals surface area (Å²) in [6, 6.07) is 0. The van der Waals surface area contributed by atoms with Crippen LogP contribution in [0.25, 0.3) is 0 Å². The van der Waals surface area contributed by atoms with Gasteiger partial charge in [-0.05, 0) is 31.1 Å². The van der Waals surface area contributed by atoms with Crippen LogP contribution < -0.4 is 0 Å². The molecule has 0 aromatic carbocycles. The van der Waals surface area contributed by atoms with E-state index < -0.39 is 0 Å². The van der Waals surface area contributed by atoms with Crippen LogP contribution in [0.4, 0.5) is 0 Å². The van der Waals surface area contributed by atoms with E-state index in [2.05, 4.69) is 13.8 Å². The minimum absolute atomic E-state index is 0.438. The molecule has 2 rings (SSSR count). The maximum Gasteiger partial charge on any atom is 0.139 e. The molecule has 2 unspecified atom stereocenters. The maximum absolute atomic E-state index is 12.0. The van der Waals surface area contributed by atoms with E-state index in [1.165, 1.54) is 38.5 Å². The van der Waals surface area contributed by atoms with Gasteiger partial charge in [0.1, 0.15) is 5.78 Å². The monoisotopic (exact) mass is 194 g/mol. The Morgan fingerprint density at radius 2 is 1.86 bits per heavy atom. The molecule has 0 aliphatic heterocycles. The molecule has 80 valence electrons. The van der Waals surface area contributed by atoms with Gasteiger partial charge in [-0.3, -0.25) is 4.79 Å². The zero-order valence-electron chi connectivity index (χ0n) is 9.46. The van der Waals surface area contributed by atoms with Crippen molar-refractivity contribution in [2.24, 2.45) is 23.7 Å². The standard InChI is InChI=1S/C13H22O/c1-3-10-8-12(10)13(14)11-6-4-9(2)5-7-11/h9-12H,3-8H2,1-2H3. The van der Waals surface area contributed by atoms with Crippen molar-refractivity contribution in [3.05, 3.63) is 0 Å². The summed E-state index contributed by atoms with van der Waals surface area (Å²) >= 11 is 0. The summed E-state index contributed by atoms with van der Waals surface area (Å²) in [5.41, 5.74) is 0. The molecule has 1 nitrogen and oxygen atoms in total. The second-order valence-corrected chi connectivity index (χ2v) is 5.37. The van der Waals surface area contributed by atoms with E-state index in [0.717, 1.165) is 11.8 Å². The van der Waals surface area contributed by atoms with Crippen LogP contribution in [0.2, 0.25) is 0 Å². The third-order valence-electron chi connectivity index (χ3n) is 4.23. The molecule has 0 amide bonds. The molecule has 1 heteroatoms. The van der Waals surface area contributed by atoms with E-state index >= 15 is 0 Å². The summed E-state index contributed by atoms with van der Waals surface area (Å²) < 4.78 is 0. The number of ketones is 1. The van der Waals surface area contributed by atoms with Crippen LogP contribution in [-0.4, -0.2) is 5.78 Å². The molecule has 0 spiro atoms. The molecule has 2 fully saturated rings. The lowest BCUT2D eigenvalue weighted by atomic mass is 9.79. The lowest BCUT2D eigenvalue weighted by Gasteiger charge is -2.25. The quantitative estimate of drug-likeness (QED) is 0.672. The summed E-state index contributed by atoms with van der Waals surface area (Å²) in [5, 5.41) is 0. The number of hydrogen-bond acceptors (Lipinski definition) is 1. The van der Waals surface area contributed by atoms with E-state index in [9.17, 15) is 4.79 Å². The van der Waals surface area contributed by atoms with Gasteiger partial charge in [0.25, 0.3) is 0 Å². The second-order valence-electron chi connectivity index (χ2n) is 5.37. The summed E-state index contributed by atoms with van der Waals surface area (Å²) in [7, 11) is 0. The lowest BCUT2D eigenvalue weighted by molar-refractivity contribution is -0.125. The van der Waals surface area contributed by atoms with E-state index in [0.29, 0.717) is 17.6 Å². The molecule has 0 radical (unpaired) electrons. The first-order valence-electron chi connectivity index (χ1n) is 6.26. The van der Waals surface area contributed by atoms with Crippen molar-refractivity contribution >= 4 is 5.78 Å². The Hall–Kier alpha value is -0.330. The SMILES string of the molecule is CCC1CC1C(=O)C1CCC(C)CC1. The fourth-order valence-electron chi connectivity index (χ4n) is 2.89. The van der Waals surface area contributed by atoms with Gasteiger partial charge in [-0.25, -0.2) is 0 Å². The van der Waals surface area contributed by atoms with Gasteiger partial charge in [-0.15, -0.1) is 0 Å². The summed E-state index contributed by atoms with van der Waals surface area (Å²) in [6.07, 6.45) is 7.31. The van der Waals surface area contributed by atoms with Gasteiger partial charge < -0.3 is 0 Å². The molecule has 14 heavy (non-hydrogen) atoms. The Kier molecular flexibility index (Phi) is 2.94. The van der Waals surface area contributed by atoms with Gasteiger partial charge >= 0.3 is 0 Å². The first kappa shape index (κ1) is 10.2. The fourth-order valence-corrected chi connectivity index (χ4v) is 2.89. The van der Waals surface area contributed by atoms with Crippen LogP contribution >= 0.6 is 0 Å². The number of carbonyl (C=O) groups excluding carboxylic acids is 1. The van der Waals surface area contributed by atoms with Gasteiger partial charge in [0.05, 0.1) is 0 Å². The summed E-state index contributed by atoms with van der Waals surface area (Å²) in [4.78, 5) is 12.0. The molecule has 0 N–H and O–H groups in total. The minimum Gasteiger partial charge on any atom is -0.299 e. The van der Waals surface area contributed by atoms with Crippen molar-refractivity contribution in [2.75, 3.05) is 0 Å². The van der Waals surface area contributed by atoms with Crippen molar-refractivity contribution in [1.29, 1.82) is 0 Å². The summed E-state index contributed by atoms with van der Waals surface area (Å²) in [5.74, 6) is 3.14. The molecule has 2 aliphatic carbocycles. The topological polar surface area (TPSA) is 17.1 Å². The maximum atomic E-state index is 12.0. The molecule has 2 aliphatic rings. The van der Waals surface area contributed by atoms with Crippen molar-refractivity contribution in [3.63, 3.8) is 0 Å². The predicted octanol–water partition coefficient (Wildman–Crippen LogP) is 3.43. The molecule has 0 bridgehead atoms. The average molecular weight is 194 g/mol. The molecule has 2 atom stereocenters. The van der Waals surface area contributed by atoms with Crippen molar-refractivity contribution < 1.29 is 4.79 Å². The number of rotatable bonds is 3. The highest BCUT2D eigenvalue weighted by Gasteiger charge is 2.43. The molecular formula is C13H22O. The van der Waals surface area contributed by atoms with Crippen LogP contribution in [0.3, 0.4) is 0 Å². The summed E-state index contributed by atoms with van der Waals surface area (Å²) in [6.45, 7) is 4.52. The third-order valence-corrected chi connectivity index (χ3v) is 4.23. The van der Waals surface area contributed by atoms with Crippen molar-refractivity contribution in [2.45, 2.75) is 52.4 Å². The Morgan fingerprint density at radius 3 is 2.36 bits per heavy atom. The lowest BCUT2D eigenvalue weighted by Crippen LogP contribution is -2.22. The van der Waals surface area contributed by atoms with Gasteiger partial charge in [0.2, 0.25) is 0 Å². The van der Waals surface area contributed by atoms with Gasteiger partial charge in [0, 0.05) is 11.8 Å². The zero-order chi connectivity index (χ0) is 10.1. The van der Waals surface area contributed by atoms with Crippen LogP contribution in [0, 0.1) is 23.7 Å². The van der Waals surface area contributed by atoms with E-state index in [4.69, 9.17) is 0 Å². The number of carbonyl (C=O) groups is 1. The van der Waals surface area contributed by atoms with Crippen LogP contribution in [0.1, 0.15) is 52.4 Å². The largest absolute Gasteiger partial charge is 0.299 e. The number of hydrogen-bond donors (Lipinski definition) is 0. The highest BCUT2D eigenvalue weighted by atomic mass is 16.1. The van der Waals surface area contributed by atoms with Gasteiger partial charge in [0.15, 0.2) is 0 Å². The van der Waals surface area contributed by atoms with Crippen molar-refractivity contribution in [3.8, 4) is 0 Å². The highest BCUT2D eigenvalue weighted by molar-refractivity contribution is 5.86. The minimum atomic E-state index is 0.438. The molecule has 0 heterocycles. The third kappa shape index (κ3) is 2.02. The van der Waals surface area contributed by atoms with Crippen LogP contribution in [0.15, 0.2) is 0 Å². The van der Waals surface area contributed by atoms with Crippen LogP contribution in [0.5, 0.6) is 0 Å². The average Bonchev–Trinajstić information content (AvgIpc) is 2.97. The molecule has 2 saturated carbocycles. The predicted molar refractivity (Wildman–Crippen MR) is 58.0 cm³/mol. The number of Topliss-reactive ketones (excluding diaryl/α,β-unsaturated/α-hetero) is 1. The first-order valence-corrected chi connectivity index (χ1v) is 6.26. The zero-order valence-corrected chi connectivity index (χ0v) is 9.46. The van der Waals surface area contributed by atoms with E-state index in [1.807, 2.05) is 0 Å². The highest BCUT2D eigenvalue weighted by Crippen LogP contribution is 2.45. The molecule has 0 aromatic heterocycles. The van der Waals surface area contributed by atoms with Crippen LogP contribution in [-0.2, 0) is 4.79 Å². The molecular weight excluding hydrogens is 172 g/mol. The van der Waals surface area contributed by atoms with Crippen molar-refractivity contribution in [1.82, 2.24) is 0 Å². The Labute approximate surface area is 87.3 Å². The smallest absolute Gasteiger partial charge is 0.139 e. The normalized spacial score (nSPS) is 42.1. The van der Waals surface area contributed by atoms with E-state index in [1.54, 1.807) is 0 Å². The Morgan fingerprint density at radius 1 is 1.21 bits per heavy atom. The fraction of sp³-hybridized carbons (Fsp3) is 0.923. The van der Waals surface area contributed by atoms with E-state index in [-0.39, 0.29) is 0 Å². The molecule has 0 saturated heterocycles. The first-order chi connectivity index (χ1) is 6.72. The molecule has 0 aromatic rings.